The fourth-order valence-corrected chi connectivity index (χ4v) is 2.58. The maximum Gasteiger partial charge on any atom is 0.118 e. The molecule has 2 nitrogen and oxygen atoms in total. The number of hydrogen-bond acceptors (Lipinski definition) is 2. The van der Waals surface area contributed by atoms with Crippen LogP contribution in [0, 0.1) is 6.92 Å². The Morgan fingerprint density at radius 1 is 1.12 bits per heavy atom. The number of methoxy groups -OCH3 is 1. The molecule has 0 radical (unpaired) electrons. The third kappa shape index (κ3) is 7.54. The molecule has 0 unspecified atom stereocenters. The first-order chi connectivity index (χ1) is 11.6. The van der Waals surface area contributed by atoms with E-state index in [1.54, 1.807) is 13.2 Å². The summed E-state index contributed by atoms with van der Waals surface area (Å²) in [6, 6.07) is 8.83. The van der Waals surface area contributed by atoms with Gasteiger partial charge in [-0.1, -0.05) is 62.1 Å². The van der Waals surface area contributed by atoms with E-state index in [4.69, 9.17) is 4.74 Å². The summed E-state index contributed by atoms with van der Waals surface area (Å²) >= 11 is 0. The molecule has 1 aromatic carbocycles. The maximum atomic E-state index is 5.23. The summed E-state index contributed by atoms with van der Waals surface area (Å²) in [4.78, 5) is 2.47. The van der Waals surface area contributed by atoms with Gasteiger partial charge in [-0.2, -0.15) is 0 Å². The maximum absolute atomic E-state index is 5.23. The molecule has 0 saturated heterocycles. The van der Waals surface area contributed by atoms with Crippen LogP contribution < -0.4 is 4.90 Å². The quantitative estimate of drug-likeness (QED) is 0.279. The molecule has 0 aliphatic heterocycles. The molecule has 0 spiro atoms. The Balaban J connectivity index is 2.80. The van der Waals surface area contributed by atoms with Crippen molar-refractivity contribution in [2.24, 2.45) is 0 Å². The largest absolute Gasteiger partial charge is 0.497 e. The van der Waals surface area contributed by atoms with Crippen molar-refractivity contribution in [3.8, 4) is 0 Å². The summed E-state index contributed by atoms with van der Waals surface area (Å²) in [5.41, 5.74) is 3.91. The smallest absolute Gasteiger partial charge is 0.118 e. The lowest BCUT2D eigenvalue weighted by Crippen LogP contribution is -2.26. The van der Waals surface area contributed by atoms with Gasteiger partial charge in [0.05, 0.1) is 7.11 Å². The molecule has 0 aliphatic carbocycles. The monoisotopic (exact) mass is 327 g/mol. The highest BCUT2D eigenvalue weighted by Gasteiger charge is 2.07. The number of hydrogen-bond donors (Lipinski definition) is 0. The first-order valence-corrected chi connectivity index (χ1v) is 8.96. The Kier molecular flexibility index (Phi) is 9.67. The predicted octanol–water partition coefficient (Wildman–Crippen LogP) is 6.04. The molecule has 0 bridgehead atoms. The first-order valence-electron chi connectivity index (χ1n) is 8.96. The Labute approximate surface area is 148 Å². The number of aryl methyl sites for hydroxylation is 1. The fraction of sp³-hybridized carbons (Fsp3) is 0.455. The van der Waals surface area contributed by atoms with E-state index >= 15 is 0 Å². The number of anilines is 1. The average Bonchev–Trinajstić information content (AvgIpc) is 2.59. The van der Waals surface area contributed by atoms with Crippen molar-refractivity contribution in [2.75, 3.05) is 25.1 Å². The summed E-state index contributed by atoms with van der Waals surface area (Å²) in [5.74, 6) is 0.791. The van der Waals surface area contributed by atoms with E-state index in [9.17, 15) is 0 Å². The minimum atomic E-state index is 0.791. The zero-order chi connectivity index (χ0) is 17.8. The number of rotatable bonds is 11. The van der Waals surface area contributed by atoms with E-state index in [1.165, 1.54) is 42.5 Å². The van der Waals surface area contributed by atoms with Gasteiger partial charge in [-0.3, -0.25) is 0 Å². The van der Waals surface area contributed by atoms with Crippen molar-refractivity contribution in [1.82, 2.24) is 0 Å². The molecule has 132 valence electrons. The second kappa shape index (κ2) is 11.6. The van der Waals surface area contributed by atoms with Crippen LogP contribution in [0.25, 0.3) is 0 Å². The standard InChI is InChI=1S/C22H33NO/c1-6-8-9-10-17-23(21-14-11-19(3)12-15-21)18-20(4)13-16-22(7-2)24-5/h7,11-16H,2,6,8-10,17-18H2,1,3-5H3/b20-13+,22-16+. The van der Waals surface area contributed by atoms with E-state index in [-0.39, 0.29) is 0 Å². The van der Waals surface area contributed by atoms with Gasteiger partial charge in [0, 0.05) is 18.8 Å². The molecule has 0 saturated carbocycles. The first kappa shape index (κ1) is 20.1. The van der Waals surface area contributed by atoms with Gasteiger partial charge in [-0.25, -0.2) is 0 Å². The number of unbranched alkanes of at least 4 members (excludes halogenated alkanes) is 3. The number of benzene rings is 1. The molecule has 0 aliphatic rings. The van der Waals surface area contributed by atoms with Crippen LogP contribution in [0.15, 0.2) is 60.4 Å². The van der Waals surface area contributed by atoms with Crippen LogP contribution >= 0.6 is 0 Å². The van der Waals surface area contributed by atoms with Crippen molar-refractivity contribution in [3.05, 3.63) is 66.0 Å². The van der Waals surface area contributed by atoms with Gasteiger partial charge in [0.15, 0.2) is 0 Å². The SMILES string of the molecule is C=C/C(=C\C=C(/C)CN(CCCCCC)c1ccc(C)cc1)OC. The lowest BCUT2D eigenvalue weighted by molar-refractivity contribution is 0.307. The van der Waals surface area contributed by atoms with Crippen molar-refractivity contribution in [1.29, 1.82) is 0 Å². The van der Waals surface area contributed by atoms with Crippen molar-refractivity contribution < 1.29 is 4.74 Å². The van der Waals surface area contributed by atoms with Crippen LogP contribution in [0.3, 0.4) is 0 Å². The summed E-state index contributed by atoms with van der Waals surface area (Å²) in [5, 5.41) is 0. The highest BCUT2D eigenvalue weighted by Crippen LogP contribution is 2.18. The van der Waals surface area contributed by atoms with E-state index in [0.717, 1.165) is 18.8 Å². The van der Waals surface area contributed by atoms with Crippen LogP contribution in [0.5, 0.6) is 0 Å². The minimum Gasteiger partial charge on any atom is -0.497 e. The van der Waals surface area contributed by atoms with Gasteiger partial charge >= 0.3 is 0 Å². The summed E-state index contributed by atoms with van der Waals surface area (Å²) in [7, 11) is 1.67. The molecule has 2 heteroatoms. The van der Waals surface area contributed by atoms with Gasteiger partial charge in [-0.15, -0.1) is 0 Å². The molecule has 0 amide bonds. The highest BCUT2D eigenvalue weighted by atomic mass is 16.5. The van der Waals surface area contributed by atoms with Gasteiger partial charge in [0.1, 0.15) is 5.76 Å². The van der Waals surface area contributed by atoms with E-state index in [2.05, 4.69) is 62.6 Å². The van der Waals surface area contributed by atoms with Crippen LogP contribution in [-0.4, -0.2) is 20.2 Å². The average molecular weight is 328 g/mol. The Morgan fingerprint density at radius 3 is 2.42 bits per heavy atom. The zero-order valence-electron chi connectivity index (χ0n) is 15.8. The van der Waals surface area contributed by atoms with E-state index in [1.807, 2.05) is 6.08 Å². The summed E-state index contributed by atoms with van der Waals surface area (Å²) in [6.07, 6.45) is 10.9. The van der Waals surface area contributed by atoms with Crippen LogP contribution in [-0.2, 0) is 4.74 Å². The summed E-state index contributed by atoms with van der Waals surface area (Å²) in [6.45, 7) is 12.3. The second-order valence-electron chi connectivity index (χ2n) is 6.31. The molecule has 0 N–H and O–H groups in total. The fourth-order valence-electron chi connectivity index (χ4n) is 2.58. The highest BCUT2D eigenvalue weighted by molar-refractivity contribution is 5.48. The van der Waals surface area contributed by atoms with E-state index < -0.39 is 0 Å². The molecule has 1 rings (SSSR count). The molecular formula is C22H33NO. The molecule has 0 aromatic heterocycles. The summed E-state index contributed by atoms with van der Waals surface area (Å²) < 4.78 is 5.23. The number of ether oxygens (including phenoxy) is 1. The lowest BCUT2D eigenvalue weighted by atomic mass is 10.1. The predicted molar refractivity (Wildman–Crippen MR) is 107 cm³/mol. The van der Waals surface area contributed by atoms with Gasteiger partial charge in [0.25, 0.3) is 0 Å². The van der Waals surface area contributed by atoms with Crippen molar-refractivity contribution >= 4 is 5.69 Å². The van der Waals surface area contributed by atoms with Crippen molar-refractivity contribution in [3.63, 3.8) is 0 Å². The van der Waals surface area contributed by atoms with E-state index in [0.29, 0.717) is 0 Å². The molecule has 0 fully saturated rings. The van der Waals surface area contributed by atoms with Crippen molar-refractivity contribution in [2.45, 2.75) is 46.5 Å². The minimum absolute atomic E-state index is 0.791. The van der Waals surface area contributed by atoms with Gasteiger partial charge in [0.2, 0.25) is 0 Å². The number of nitrogens with zero attached hydrogens (tertiary/aromatic N) is 1. The Bertz CT molecular complexity index is 540. The van der Waals surface area contributed by atoms with Crippen LogP contribution in [0.1, 0.15) is 45.1 Å². The Morgan fingerprint density at radius 2 is 1.83 bits per heavy atom. The Hall–Kier alpha value is -1.96. The third-order valence-corrected chi connectivity index (χ3v) is 4.09. The molecular weight excluding hydrogens is 294 g/mol. The lowest BCUT2D eigenvalue weighted by Gasteiger charge is -2.25. The number of allylic oxidation sites excluding steroid dienone is 3. The topological polar surface area (TPSA) is 12.5 Å². The second-order valence-corrected chi connectivity index (χ2v) is 6.31. The third-order valence-electron chi connectivity index (χ3n) is 4.09. The zero-order valence-corrected chi connectivity index (χ0v) is 15.8. The molecule has 1 aromatic rings. The normalized spacial score (nSPS) is 12.2. The molecule has 24 heavy (non-hydrogen) atoms. The van der Waals surface area contributed by atoms with Crippen LogP contribution in [0.4, 0.5) is 5.69 Å². The van der Waals surface area contributed by atoms with Gasteiger partial charge < -0.3 is 9.64 Å². The molecule has 0 heterocycles. The van der Waals surface area contributed by atoms with Gasteiger partial charge in [-0.05, 0) is 44.6 Å². The van der Waals surface area contributed by atoms with Crippen LogP contribution in [0.2, 0.25) is 0 Å². The molecule has 0 atom stereocenters.